The van der Waals surface area contributed by atoms with Crippen molar-refractivity contribution in [2.75, 3.05) is 13.7 Å². The zero-order valence-corrected chi connectivity index (χ0v) is 10.7. The highest BCUT2D eigenvalue weighted by atomic mass is 32.1. The van der Waals surface area contributed by atoms with Gasteiger partial charge in [0.25, 0.3) is 0 Å². The number of nitrogens with two attached hydrogens (primary N) is 1. The van der Waals surface area contributed by atoms with Gasteiger partial charge in [0.1, 0.15) is 5.75 Å². The van der Waals surface area contributed by atoms with E-state index in [0.717, 1.165) is 23.6 Å². The van der Waals surface area contributed by atoms with Gasteiger partial charge in [0.2, 0.25) is 0 Å². The number of thiazole rings is 1. The predicted octanol–water partition coefficient (Wildman–Crippen LogP) is 2.24. The molecule has 0 aliphatic carbocycles. The summed E-state index contributed by atoms with van der Waals surface area (Å²) in [4.78, 5) is 5.62. The van der Waals surface area contributed by atoms with Crippen LogP contribution in [0.25, 0.3) is 0 Å². The Labute approximate surface area is 105 Å². The number of hydrogen-bond acceptors (Lipinski definition) is 4. The van der Waals surface area contributed by atoms with E-state index in [-0.39, 0.29) is 0 Å². The monoisotopic (exact) mass is 248 g/mol. The summed E-state index contributed by atoms with van der Waals surface area (Å²) in [5.74, 6) is 0.897. The maximum absolute atomic E-state index is 5.51. The minimum Gasteiger partial charge on any atom is -0.497 e. The SMILES string of the molecule is COc1cccc(Cc2cnc(CCN)s2)c1. The molecule has 1 aromatic heterocycles. The molecule has 90 valence electrons. The zero-order chi connectivity index (χ0) is 12.1. The van der Waals surface area contributed by atoms with Crippen molar-refractivity contribution in [2.45, 2.75) is 12.8 Å². The van der Waals surface area contributed by atoms with Crippen LogP contribution in [0.4, 0.5) is 0 Å². The van der Waals surface area contributed by atoms with Crippen LogP contribution in [0.15, 0.2) is 30.5 Å². The van der Waals surface area contributed by atoms with Gasteiger partial charge >= 0.3 is 0 Å². The summed E-state index contributed by atoms with van der Waals surface area (Å²) < 4.78 is 5.21. The summed E-state index contributed by atoms with van der Waals surface area (Å²) in [5.41, 5.74) is 6.75. The van der Waals surface area contributed by atoms with Gasteiger partial charge in [-0.05, 0) is 24.2 Å². The van der Waals surface area contributed by atoms with Crippen molar-refractivity contribution in [3.05, 3.63) is 45.9 Å². The highest BCUT2D eigenvalue weighted by Gasteiger charge is 2.03. The second kappa shape index (κ2) is 5.80. The zero-order valence-electron chi connectivity index (χ0n) is 9.85. The van der Waals surface area contributed by atoms with Crippen LogP contribution in [0.3, 0.4) is 0 Å². The van der Waals surface area contributed by atoms with E-state index in [1.54, 1.807) is 18.4 Å². The first-order valence-corrected chi connectivity index (χ1v) is 6.40. The molecule has 0 spiro atoms. The first-order chi connectivity index (χ1) is 8.31. The van der Waals surface area contributed by atoms with E-state index in [9.17, 15) is 0 Å². The van der Waals surface area contributed by atoms with E-state index >= 15 is 0 Å². The molecule has 0 saturated heterocycles. The summed E-state index contributed by atoms with van der Waals surface area (Å²) in [6, 6.07) is 8.12. The Bertz CT molecular complexity index is 482. The van der Waals surface area contributed by atoms with Gasteiger partial charge in [-0.1, -0.05) is 12.1 Å². The van der Waals surface area contributed by atoms with E-state index in [2.05, 4.69) is 17.1 Å². The van der Waals surface area contributed by atoms with Crippen LogP contribution >= 0.6 is 11.3 Å². The molecule has 2 rings (SSSR count). The second-order valence-electron chi connectivity index (χ2n) is 3.79. The van der Waals surface area contributed by atoms with Gasteiger partial charge in [0, 0.05) is 23.9 Å². The third-order valence-electron chi connectivity index (χ3n) is 2.47. The molecule has 17 heavy (non-hydrogen) atoms. The normalized spacial score (nSPS) is 10.5. The lowest BCUT2D eigenvalue weighted by atomic mass is 10.1. The first kappa shape index (κ1) is 12.1. The van der Waals surface area contributed by atoms with Gasteiger partial charge in [0.05, 0.1) is 12.1 Å². The molecule has 0 fully saturated rings. The van der Waals surface area contributed by atoms with Crippen molar-refractivity contribution in [1.29, 1.82) is 0 Å². The maximum atomic E-state index is 5.51. The van der Waals surface area contributed by atoms with E-state index in [1.807, 2.05) is 18.3 Å². The number of ether oxygens (including phenoxy) is 1. The van der Waals surface area contributed by atoms with Crippen LogP contribution in [-0.4, -0.2) is 18.6 Å². The average molecular weight is 248 g/mol. The Morgan fingerprint density at radius 3 is 3.06 bits per heavy atom. The largest absolute Gasteiger partial charge is 0.497 e. The van der Waals surface area contributed by atoms with Gasteiger partial charge in [-0.15, -0.1) is 11.3 Å². The van der Waals surface area contributed by atoms with E-state index in [1.165, 1.54) is 10.4 Å². The molecule has 3 nitrogen and oxygen atoms in total. The topological polar surface area (TPSA) is 48.1 Å². The molecule has 1 aromatic carbocycles. The number of rotatable bonds is 5. The van der Waals surface area contributed by atoms with Crippen molar-refractivity contribution in [1.82, 2.24) is 4.98 Å². The highest BCUT2D eigenvalue weighted by molar-refractivity contribution is 7.11. The molecule has 2 N–H and O–H groups in total. The van der Waals surface area contributed by atoms with E-state index in [0.29, 0.717) is 6.54 Å². The molecule has 0 aliphatic heterocycles. The predicted molar refractivity (Wildman–Crippen MR) is 70.7 cm³/mol. The minimum absolute atomic E-state index is 0.659. The maximum Gasteiger partial charge on any atom is 0.119 e. The number of nitrogens with zero attached hydrogens (tertiary/aromatic N) is 1. The van der Waals surface area contributed by atoms with Crippen molar-refractivity contribution < 1.29 is 4.74 Å². The van der Waals surface area contributed by atoms with Crippen LogP contribution < -0.4 is 10.5 Å². The van der Waals surface area contributed by atoms with Gasteiger partial charge in [-0.3, -0.25) is 0 Å². The van der Waals surface area contributed by atoms with E-state index < -0.39 is 0 Å². The van der Waals surface area contributed by atoms with Crippen molar-refractivity contribution in [2.24, 2.45) is 5.73 Å². The van der Waals surface area contributed by atoms with Crippen LogP contribution in [0.5, 0.6) is 5.75 Å². The van der Waals surface area contributed by atoms with Crippen LogP contribution in [0.1, 0.15) is 15.4 Å². The summed E-state index contributed by atoms with van der Waals surface area (Å²) in [5, 5.41) is 1.12. The van der Waals surface area contributed by atoms with Gasteiger partial charge < -0.3 is 10.5 Å². The minimum atomic E-state index is 0.659. The number of hydrogen-bond donors (Lipinski definition) is 1. The summed E-state index contributed by atoms with van der Waals surface area (Å²) >= 11 is 1.73. The van der Waals surface area contributed by atoms with Crippen molar-refractivity contribution in [3.63, 3.8) is 0 Å². The summed E-state index contributed by atoms with van der Waals surface area (Å²) in [7, 11) is 1.69. The quantitative estimate of drug-likeness (QED) is 0.882. The van der Waals surface area contributed by atoms with E-state index in [4.69, 9.17) is 10.5 Å². The highest BCUT2D eigenvalue weighted by Crippen LogP contribution is 2.20. The molecule has 0 amide bonds. The smallest absolute Gasteiger partial charge is 0.119 e. The van der Waals surface area contributed by atoms with Gasteiger partial charge in [-0.25, -0.2) is 4.98 Å². The summed E-state index contributed by atoms with van der Waals surface area (Å²) in [6.45, 7) is 0.659. The van der Waals surface area contributed by atoms with Crippen molar-refractivity contribution >= 4 is 11.3 Å². The Kier molecular flexibility index (Phi) is 4.12. The second-order valence-corrected chi connectivity index (χ2v) is 4.99. The van der Waals surface area contributed by atoms with Crippen LogP contribution in [0, 0.1) is 0 Å². The molecule has 1 heterocycles. The molecular weight excluding hydrogens is 232 g/mol. The molecule has 0 radical (unpaired) electrons. The number of benzene rings is 1. The van der Waals surface area contributed by atoms with Gasteiger partial charge in [-0.2, -0.15) is 0 Å². The Morgan fingerprint density at radius 1 is 1.41 bits per heavy atom. The lowest BCUT2D eigenvalue weighted by Crippen LogP contribution is -2.01. The molecule has 0 unspecified atom stereocenters. The standard InChI is InChI=1S/C13H16N2OS/c1-16-11-4-2-3-10(7-11)8-12-9-15-13(17-12)5-6-14/h2-4,7,9H,5-6,8,14H2,1H3. The first-order valence-electron chi connectivity index (χ1n) is 5.58. The van der Waals surface area contributed by atoms with Crippen molar-refractivity contribution in [3.8, 4) is 5.75 Å². The number of methoxy groups -OCH3 is 1. The third kappa shape index (κ3) is 3.28. The average Bonchev–Trinajstić information content (AvgIpc) is 2.77. The van der Waals surface area contributed by atoms with Crippen LogP contribution in [0.2, 0.25) is 0 Å². The fourth-order valence-corrected chi connectivity index (χ4v) is 2.62. The lowest BCUT2D eigenvalue weighted by Gasteiger charge is -2.02. The van der Waals surface area contributed by atoms with Crippen LogP contribution in [-0.2, 0) is 12.8 Å². The molecule has 0 bridgehead atoms. The fraction of sp³-hybridized carbons (Fsp3) is 0.308. The molecule has 4 heteroatoms. The molecule has 0 aliphatic rings. The number of aromatic nitrogens is 1. The fourth-order valence-electron chi connectivity index (χ4n) is 1.65. The summed E-state index contributed by atoms with van der Waals surface area (Å²) in [6.07, 6.45) is 3.71. The Balaban J connectivity index is 2.08. The molecule has 0 saturated carbocycles. The molecular formula is C13H16N2OS. The third-order valence-corrected chi connectivity index (χ3v) is 3.53. The lowest BCUT2D eigenvalue weighted by molar-refractivity contribution is 0.414. The Morgan fingerprint density at radius 2 is 2.29 bits per heavy atom. The molecule has 2 aromatic rings. The molecule has 0 atom stereocenters. The Hall–Kier alpha value is -1.39. The van der Waals surface area contributed by atoms with Gasteiger partial charge in [0.15, 0.2) is 0 Å².